The fraction of sp³-hybridized carbons (Fsp3) is 0.0189. The molecule has 12 rings (SSSR count). The van der Waals surface area contributed by atoms with E-state index in [0.717, 1.165) is 44.5 Å². The first-order valence-corrected chi connectivity index (χ1v) is 19.4. The lowest BCUT2D eigenvalue weighted by molar-refractivity contribution is 0.649. The summed E-state index contributed by atoms with van der Waals surface area (Å²) in [5, 5.41) is 3.42. The lowest BCUT2D eigenvalue weighted by Gasteiger charge is -2.34. The first kappa shape index (κ1) is 31.8. The summed E-state index contributed by atoms with van der Waals surface area (Å²) >= 11 is 0. The summed E-state index contributed by atoms with van der Waals surface area (Å²) in [6, 6.07) is 66.1. The molecule has 0 radical (unpaired) electrons. The normalized spacial score (nSPS) is 13.1. The highest BCUT2D eigenvalue weighted by molar-refractivity contribution is 6.03. The number of benzene rings is 7. The van der Waals surface area contributed by atoms with E-state index < -0.39 is 5.41 Å². The van der Waals surface area contributed by atoms with E-state index in [0.29, 0.717) is 0 Å². The highest BCUT2D eigenvalue weighted by Gasteiger charge is 2.46. The van der Waals surface area contributed by atoms with E-state index in [-0.39, 0.29) is 0 Å². The lowest BCUT2D eigenvalue weighted by atomic mass is 9.67. The van der Waals surface area contributed by atoms with Gasteiger partial charge in [0.25, 0.3) is 0 Å². The predicted molar refractivity (Wildman–Crippen MR) is 231 cm³/mol. The third-order valence-electron chi connectivity index (χ3n) is 12.0. The summed E-state index contributed by atoms with van der Waals surface area (Å²) in [7, 11) is 0. The zero-order chi connectivity index (χ0) is 37.5. The SMILES string of the molecule is c1ccc(C2(c3ccccc3)c3cc(-c4ccncc4)ccc3-c3ccc(-c4ccc5cc(-c6ccc7nc8c9ccccc9oc8n7c6)ccc5c4)cc32)cc1. The first-order valence-electron chi connectivity index (χ1n) is 19.4. The van der Waals surface area contributed by atoms with Crippen molar-refractivity contribution in [3.8, 4) is 44.5 Å². The molecule has 0 saturated carbocycles. The van der Waals surface area contributed by atoms with E-state index in [9.17, 15) is 0 Å². The van der Waals surface area contributed by atoms with Crippen molar-refractivity contribution in [1.82, 2.24) is 14.4 Å². The molecular weight excluding hydrogens is 695 g/mol. The minimum atomic E-state index is -0.512. The number of aromatic nitrogens is 3. The molecule has 0 atom stereocenters. The van der Waals surface area contributed by atoms with Crippen LogP contribution in [0.2, 0.25) is 0 Å². The number of furan rings is 1. The van der Waals surface area contributed by atoms with Crippen LogP contribution in [0, 0.1) is 0 Å². The second kappa shape index (κ2) is 12.2. The van der Waals surface area contributed by atoms with Gasteiger partial charge in [0.1, 0.15) is 16.7 Å². The van der Waals surface area contributed by atoms with Crippen LogP contribution < -0.4 is 0 Å². The van der Waals surface area contributed by atoms with Gasteiger partial charge in [-0.3, -0.25) is 9.38 Å². The van der Waals surface area contributed by atoms with E-state index >= 15 is 0 Å². The molecule has 266 valence electrons. The number of para-hydroxylation sites is 1. The van der Waals surface area contributed by atoms with Gasteiger partial charge in [0, 0.05) is 24.0 Å². The molecule has 0 N–H and O–H groups in total. The number of imidazole rings is 1. The molecule has 0 fully saturated rings. The van der Waals surface area contributed by atoms with Crippen LogP contribution in [-0.2, 0) is 5.41 Å². The van der Waals surface area contributed by atoms with Gasteiger partial charge in [-0.1, -0.05) is 121 Å². The predicted octanol–water partition coefficient (Wildman–Crippen LogP) is 13.1. The van der Waals surface area contributed by atoms with E-state index in [1.54, 1.807) is 0 Å². The van der Waals surface area contributed by atoms with Crippen LogP contribution in [0.3, 0.4) is 0 Å². The van der Waals surface area contributed by atoms with E-state index in [2.05, 4.69) is 179 Å². The first-order chi connectivity index (χ1) is 28.2. The Balaban J connectivity index is 0.984. The minimum Gasteiger partial charge on any atom is -0.437 e. The molecular formula is C53H33N3O. The number of nitrogens with zero attached hydrogens (tertiary/aromatic N) is 3. The molecule has 1 aliphatic rings. The molecule has 0 saturated heterocycles. The Morgan fingerprint density at radius 2 is 1.00 bits per heavy atom. The Hall–Kier alpha value is -7.56. The van der Waals surface area contributed by atoms with Crippen LogP contribution in [0.15, 0.2) is 205 Å². The smallest absolute Gasteiger partial charge is 0.232 e. The Morgan fingerprint density at radius 3 is 1.67 bits per heavy atom. The average molecular weight is 728 g/mol. The molecule has 1 aliphatic carbocycles. The van der Waals surface area contributed by atoms with Crippen molar-refractivity contribution in [3.63, 3.8) is 0 Å². The maximum absolute atomic E-state index is 6.25. The van der Waals surface area contributed by atoms with Crippen LogP contribution in [0.5, 0.6) is 0 Å². The Kier molecular flexibility index (Phi) is 6.81. The van der Waals surface area contributed by atoms with Crippen LogP contribution in [0.25, 0.3) is 83.1 Å². The van der Waals surface area contributed by atoms with Gasteiger partial charge < -0.3 is 4.42 Å². The van der Waals surface area contributed by atoms with Crippen LogP contribution in [0.4, 0.5) is 0 Å². The number of fused-ring (bicyclic) bond motifs is 9. The topological polar surface area (TPSA) is 43.3 Å². The van der Waals surface area contributed by atoms with Crippen LogP contribution >= 0.6 is 0 Å². The zero-order valence-electron chi connectivity index (χ0n) is 30.8. The Labute approximate surface area is 329 Å². The summed E-state index contributed by atoms with van der Waals surface area (Å²) < 4.78 is 8.32. The molecule has 4 heterocycles. The van der Waals surface area contributed by atoms with E-state index in [4.69, 9.17) is 9.40 Å². The maximum atomic E-state index is 6.25. The highest BCUT2D eigenvalue weighted by atomic mass is 16.3. The highest BCUT2D eigenvalue weighted by Crippen LogP contribution is 2.57. The van der Waals surface area contributed by atoms with E-state index in [1.807, 2.05) is 30.6 Å². The van der Waals surface area contributed by atoms with Crippen molar-refractivity contribution < 1.29 is 4.42 Å². The van der Waals surface area contributed by atoms with Crippen molar-refractivity contribution in [1.29, 1.82) is 0 Å². The number of hydrogen-bond donors (Lipinski definition) is 0. The number of hydrogen-bond acceptors (Lipinski definition) is 3. The molecule has 0 unspecified atom stereocenters. The Bertz CT molecular complexity index is 3310. The van der Waals surface area contributed by atoms with Gasteiger partial charge in [0.05, 0.1) is 5.41 Å². The largest absolute Gasteiger partial charge is 0.437 e. The van der Waals surface area contributed by atoms with Crippen molar-refractivity contribution in [2.75, 3.05) is 0 Å². The van der Waals surface area contributed by atoms with Gasteiger partial charge >= 0.3 is 0 Å². The number of pyridine rings is 2. The Morgan fingerprint density at radius 1 is 0.456 bits per heavy atom. The fourth-order valence-electron chi connectivity index (χ4n) is 9.32. The standard InChI is InChI=1S/C53H33N3O/c1-3-9-42(10-4-1)53(43-11-5-2-6-12-43)47-31-39(34-25-27-54-28-26-34)19-22-44(47)45-23-20-40(32-48(45)53)37-16-15-36-30-38(18-17-35(36)29-37)41-21-24-50-55-51-46-13-7-8-14-49(46)57-52(51)56(50)33-41/h1-33H. The second-order valence-corrected chi connectivity index (χ2v) is 15.0. The third kappa shape index (κ3) is 4.74. The van der Waals surface area contributed by atoms with Crippen LogP contribution in [0.1, 0.15) is 22.3 Å². The quantitative estimate of drug-likeness (QED) is 0.177. The third-order valence-corrected chi connectivity index (χ3v) is 12.0. The molecule has 0 spiro atoms. The fourth-order valence-corrected chi connectivity index (χ4v) is 9.32. The zero-order valence-corrected chi connectivity index (χ0v) is 30.8. The maximum Gasteiger partial charge on any atom is 0.232 e. The van der Waals surface area contributed by atoms with Gasteiger partial charge in [-0.25, -0.2) is 4.98 Å². The summed E-state index contributed by atoms with van der Waals surface area (Å²) in [6.07, 6.45) is 5.88. The van der Waals surface area contributed by atoms with Gasteiger partial charge in [-0.05, 0) is 138 Å². The molecule has 7 aromatic carbocycles. The monoisotopic (exact) mass is 727 g/mol. The number of rotatable bonds is 5. The molecule has 57 heavy (non-hydrogen) atoms. The van der Waals surface area contributed by atoms with Crippen molar-refractivity contribution in [2.45, 2.75) is 5.41 Å². The summed E-state index contributed by atoms with van der Waals surface area (Å²) in [5.74, 6) is 0. The molecule has 4 heteroatoms. The van der Waals surface area contributed by atoms with Crippen molar-refractivity contribution in [3.05, 3.63) is 223 Å². The molecule has 0 aliphatic heterocycles. The molecule has 11 aromatic rings. The molecule has 4 nitrogen and oxygen atoms in total. The molecule has 0 amide bonds. The lowest BCUT2D eigenvalue weighted by Crippen LogP contribution is -2.28. The second-order valence-electron chi connectivity index (χ2n) is 15.0. The molecule has 4 aromatic heterocycles. The van der Waals surface area contributed by atoms with E-state index in [1.165, 1.54) is 60.8 Å². The van der Waals surface area contributed by atoms with Crippen molar-refractivity contribution >= 4 is 38.6 Å². The summed E-state index contributed by atoms with van der Waals surface area (Å²) in [5.41, 5.74) is 17.5. The van der Waals surface area contributed by atoms with Crippen LogP contribution in [-0.4, -0.2) is 14.4 Å². The van der Waals surface area contributed by atoms with Crippen molar-refractivity contribution in [2.24, 2.45) is 0 Å². The summed E-state index contributed by atoms with van der Waals surface area (Å²) in [4.78, 5) is 9.18. The van der Waals surface area contributed by atoms with Gasteiger partial charge in [-0.2, -0.15) is 0 Å². The average Bonchev–Trinajstić information content (AvgIpc) is 3.93. The minimum absolute atomic E-state index is 0.512. The summed E-state index contributed by atoms with van der Waals surface area (Å²) in [6.45, 7) is 0. The molecule has 0 bridgehead atoms. The van der Waals surface area contributed by atoms with Gasteiger partial charge in [-0.15, -0.1) is 0 Å². The van der Waals surface area contributed by atoms with Gasteiger partial charge in [0.2, 0.25) is 5.71 Å². The van der Waals surface area contributed by atoms with Gasteiger partial charge in [0.15, 0.2) is 0 Å².